The lowest BCUT2D eigenvalue weighted by atomic mass is 9.95. The Morgan fingerprint density at radius 3 is 2.64 bits per heavy atom. The number of amides is 1. The molecule has 0 saturated carbocycles. The summed E-state index contributed by atoms with van der Waals surface area (Å²) in [4.78, 5) is 28.5. The van der Waals surface area contributed by atoms with Crippen molar-refractivity contribution < 1.29 is 19.4 Å². The highest BCUT2D eigenvalue weighted by Gasteiger charge is 2.45. The van der Waals surface area contributed by atoms with Crippen LogP contribution in [0.2, 0.25) is 10.0 Å². The van der Waals surface area contributed by atoms with Crippen molar-refractivity contribution in [1.82, 2.24) is 10.2 Å². The first-order valence-corrected chi connectivity index (χ1v) is 16.4. The highest BCUT2D eigenvalue weighted by atomic mass is 35.5. The number of carbonyl (C=O) groups excluding carboxylic acids is 2. The van der Waals surface area contributed by atoms with Crippen molar-refractivity contribution in [1.29, 1.82) is 0 Å². The maximum atomic E-state index is 13.6. The van der Waals surface area contributed by atoms with Crippen LogP contribution in [0.5, 0.6) is 5.75 Å². The lowest BCUT2D eigenvalue weighted by Gasteiger charge is -2.24. The van der Waals surface area contributed by atoms with Gasteiger partial charge in [0.1, 0.15) is 5.75 Å². The van der Waals surface area contributed by atoms with E-state index >= 15 is 0 Å². The second-order valence-electron chi connectivity index (χ2n) is 10.4. The maximum absolute atomic E-state index is 13.6. The van der Waals surface area contributed by atoms with Crippen LogP contribution < -0.4 is 9.64 Å². The molecule has 0 aliphatic carbocycles. The largest absolute Gasteiger partial charge is 0.503 e. The number of rotatable bonds is 12. The summed E-state index contributed by atoms with van der Waals surface area (Å²) in [6.07, 6.45) is 3.89. The fraction of sp³-hybridized carbons (Fsp3) is 0.212. The van der Waals surface area contributed by atoms with E-state index in [-0.39, 0.29) is 10.7 Å². The zero-order chi connectivity index (χ0) is 31.2. The quantitative estimate of drug-likeness (QED) is 0.0919. The van der Waals surface area contributed by atoms with E-state index in [0.29, 0.717) is 44.0 Å². The Kier molecular flexibility index (Phi) is 10.4. The number of nitrogens with zero attached hydrogens (tertiary/aromatic N) is 3. The van der Waals surface area contributed by atoms with Gasteiger partial charge in [0.2, 0.25) is 5.13 Å². The van der Waals surface area contributed by atoms with E-state index in [0.717, 1.165) is 17.5 Å². The molecule has 1 aliphatic rings. The highest BCUT2D eigenvalue weighted by Crippen LogP contribution is 2.44. The van der Waals surface area contributed by atoms with Gasteiger partial charge in [-0.05, 0) is 59.4 Å². The van der Waals surface area contributed by atoms with Gasteiger partial charge in [0.05, 0.1) is 18.2 Å². The fourth-order valence-corrected chi connectivity index (χ4v) is 6.94. The number of anilines is 1. The first kappa shape index (κ1) is 31.8. The van der Waals surface area contributed by atoms with Gasteiger partial charge in [0, 0.05) is 15.8 Å². The molecule has 3 aromatic carbocycles. The van der Waals surface area contributed by atoms with Crippen molar-refractivity contribution in [3.63, 3.8) is 0 Å². The number of hydrogen-bond acceptors (Lipinski definition) is 8. The van der Waals surface area contributed by atoms with Gasteiger partial charge in [-0.15, -0.1) is 10.2 Å². The molecule has 2 heterocycles. The zero-order valence-electron chi connectivity index (χ0n) is 23.9. The van der Waals surface area contributed by atoms with Crippen molar-refractivity contribution in [3.8, 4) is 5.75 Å². The van der Waals surface area contributed by atoms with E-state index in [4.69, 9.17) is 27.9 Å². The molecular weight excluding hydrogens is 637 g/mol. The van der Waals surface area contributed by atoms with Gasteiger partial charge in [0.15, 0.2) is 15.9 Å². The molecule has 0 radical (unpaired) electrons. The molecule has 7 nitrogen and oxygen atoms in total. The summed E-state index contributed by atoms with van der Waals surface area (Å²) < 4.78 is 6.57. The van der Waals surface area contributed by atoms with E-state index in [9.17, 15) is 14.7 Å². The van der Waals surface area contributed by atoms with Crippen molar-refractivity contribution in [3.05, 3.63) is 117 Å². The van der Waals surface area contributed by atoms with E-state index in [1.807, 2.05) is 42.5 Å². The van der Waals surface area contributed by atoms with Crippen LogP contribution >= 0.6 is 46.3 Å². The predicted octanol–water partition coefficient (Wildman–Crippen LogP) is 8.74. The van der Waals surface area contributed by atoms with Gasteiger partial charge in [-0.2, -0.15) is 0 Å². The molecular formula is C33H29Cl2N3O4S2. The molecule has 1 aliphatic heterocycles. The molecule has 5 rings (SSSR count). The number of aliphatic hydroxyl groups excluding tert-OH is 1. The van der Waals surface area contributed by atoms with Gasteiger partial charge in [0.25, 0.3) is 5.91 Å². The van der Waals surface area contributed by atoms with Crippen LogP contribution in [-0.4, -0.2) is 33.6 Å². The minimum atomic E-state index is -0.944. The van der Waals surface area contributed by atoms with Gasteiger partial charge in [-0.1, -0.05) is 115 Å². The van der Waals surface area contributed by atoms with E-state index in [2.05, 4.69) is 24.0 Å². The Balaban J connectivity index is 1.46. The summed E-state index contributed by atoms with van der Waals surface area (Å²) in [6.45, 7) is 4.76. The second-order valence-corrected chi connectivity index (χ2v) is 13.4. The number of ketones is 1. The number of halogens is 2. The topological polar surface area (TPSA) is 92.6 Å². The number of ether oxygens (including phenoxy) is 1. The predicted molar refractivity (Wildman–Crippen MR) is 178 cm³/mol. The minimum Gasteiger partial charge on any atom is -0.503 e. The Hall–Kier alpha value is -3.63. The molecule has 0 spiro atoms. The first-order valence-electron chi connectivity index (χ1n) is 13.9. The van der Waals surface area contributed by atoms with Crippen LogP contribution in [0.15, 0.2) is 94.5 Å². The standard InChI is InChI=1S/C33H29Cl2N3O4S2/c1-20(2)15-16-42-25-10-6-9-22(17-25)29-28(27(39)14-11-21-7-4-3-5-8-21)30(40)31(41)38(29)32-36-37-33(44-32)43-19-23-12-13-24(34)18-26(23)35/h3-14,17-18,20,29,40H,15-16,19H2,1-2H3/b14-11+. The third kappa shape index (κ3) is 7.53. The van der Waals surface area contributed by atoms with Crippen LogP contribution in [-0.2, 0) is 15.3 Å². The third-order valence-corrected chi connectivity index (χ3v) is 9.50. The second kappa shape index (κ2) is 14.4. The SMILES string of the molecule is CC(C)CCOc1cccc(C2C(C(=O)/C=C/c3ccccc3)=C(O)C(=O)N2c2nnc(SCc3ccc(Cl)cc3Cl)s2)c1. The minimum absolute atomic E-state index is 0.0427. The Bertz CT molecular complexity index is 1720. The number of hydrogen-bond donors (Lipinski definition) is 1. The van der Waals surface area contributed by atoms with Crippen LogP contribution in [0.3, 0.4) is 0 Å². The fourth-order valence-electron chi connectivity index (χ4n) is 4.52. The van der Waals surface area contributed by atoms with Gasteiger partial charge in [-0.3, -0.25) is 14.5 Å². The summed E-state index contributed by atoms with van der Waals surface area (Å²) in [5.74, 6) is -0.263. The van der Waals surface area contributed by atoms with Gasteiger partial charge >= 0.3 is 0 Å². The third-order valence-electron chi connectivity index (χ3n) is 6.81. The number of thioether (sulfide) groups is 1. The van der Waals surface area contributed by atoms with E-state index in [1.54, 1.807) is 36.4 Å². The molecule has 4 aromatic rings. The zero-order valence-corrected chi connectivity index (χ0v) is 27.1. The number of aromatic nitrogens is 2. The van der Waals surface area contributed by atoms with Crippen molar-refractivity contribution in [2.75, 3.05) is 11.5 Å². The molecule has 0 fully saturated rings. The molecule has 11 heteroatoms. The van der Waals surface area contributed by atoms with Gasteiger partial charge < -0.3 is 9.84 Å². The smallest absolute Gasteiger partial charge is 0.296 e. The molecule has 1 unspecified atom stereocenters. The summed E-state index contributed by atoms with van der Waals surface area (Å²) in [5.41, 5.74) is 2.24. The maximum Gasteiger partial charge on any atom is 0.296 e. The average Bonchev–Trinajstić information content (AvgIpc) is 3.57. The summed E-state index contributed by atoms with van der Waals surface area (Å²) in [7, 11) is 0. The molecule has 1 aromatic heterocycles. The summed E-state index contributed by atoms with van der Waals surface area (Å²) in [5, 5.41) is 21.0. The monoisotopic (exact) mass is 665 g/mol. The molecule has 1 atom stereocenters. The Labute approximate surface area is 274 Å². The van der Waals surface area contributed by atoms with Gasteiger partial charge in [-0.25, -0.2) is 0 Å². The lowest BCUT2D eigenvalue weighted by Crippen LogP contribution is -2.30. The normalized spacial score (nSPS) is 15.2. The van der Waals surface area contributed by atoms with Crippen molar-refractivity contribution >= 4 is 69.2 Å². The number of aliphatic hydroxyl groups is 1. The molecule has 0 bridgehead atoms. The Morgan fingerprint density at radius 1 is 1.09 bits per heavy atom. The molecule has 226 valence electrons. The first-order chi connectivity index (χ1) is 21.2. The molecule has 0 saturated heterocycles. The van der Waals surface area contributed by atoms with Crippen LogP contribution in [0.1, 0.15) is 43.0 Å². The number of carbonyl (C=O) groups is 2. The van der Waals surface area contributed by atoms with Crippen LogP contribution in [0, 0.1) is 5.92 Å². The van der Waals surface area contributed by atoms with E-state index < -0.39 is 23.5 Å². The van der Waals surface area contributed by atoms with Crippen LogP contribution in [0.4, 0.5) is 5.13 Å². The number of benzene rings is 3. The number of allylic oxidation sites excluding steroid dienone is 1. The lowest BCUT2D eigenvalue weighted by molar-refractivity contribution is -0.117. The summed E-state index contributed by atoms with van der Waals surface area (Å²) in [6, 6.07) is 20.9. The van der Waals surface area contributed by atoms with E-state index in [1.165, 1.54) is 34.1 Å². The van der Waals surface area contributed by atoms with Crippen molar-refractivity contribution in [2.45, 2.75) is 36.4 Å². The average molecular weight is 667 g/mol. The Morgan fingerprint density at radius 2 is 1.89 bits per heavy atom. The summed E-state index contributed by atoms with van der Waals surface area (Å²) >= 11 is 14.9. The van der Waals surface area contributed by atoms with Crippen molar-refractivity contribution in [2.24, 2.45) is 5.92 Å². The molecule has 1 N–H and O–H groups in total. The highest BCUT2D eigenvalue weighted by molar-refractivity contribution is 8.00. The van der Waals surface area contributed by atoms with Crippen LogP contribution in [0.25, 0.3) is 6.08 Å². The molecule has 44 heavy (non-hydrogen) atoms. The molecule has 1 amide bonds.